The smallest absolute Gasteiger partial charge is 0.326 e. The van der Waals surface area contributed by atoms with Gasteiger partial charge in [-0.1, -0.05) is 11.6 Å². The summed E-state index contributed by atoms with van der Waals surface area (Å²) in [4.78, 5) is 24.5. The molecular formula is C13H15ClN2O3. The summed E-state index contributed by atoms with van der Waals surface area (Å²) in [6, 6.07) is 4.15. The lowest BCUT2D eigenvalue weighted by Crippen LogP contribution is -2.45. The Morgan fingerprint density at radius 2 is 2.11 bits per heavy atom. The summed E-state index contributed by atoms with van der Waals surface area (Å²) < 4.78 is 0. The second-order valence-corrected chi connectivity index (χ2v) is 5.01. The average molecular weight is 283 g/mol. The zero-order chi connectivity index (χ0) is 14.0. The third-order valence-corrected chi connectivity index (χ3v) is 3.56. The number of halogens is 1. The van der Waals surface area contributed by atoms with Gasteiger partial charge in [-0.25, -0.2) is 4.79 Å². The van der Waals surface area contributed by atoms with Crippen LogP contribution in [0.2, 0.25) is 5.02 Å². The Kier molecular flexibility index (Phi) is 3.95. The first kappa shape index (κ1) is 13.7. The van der Waals surface area contributed by atoms with E-state index in [1.165, 1.54) is 6.07 Å². The van der Waals surface area contributed by atoms with E-state index in [-0.39, 0.29) is 5.56 Å². The zero-order valence-electron chi connectivity index (χ0n) is 10.3. The van der Waals surface area contributed by atoms with Crippen LogP contribution < -0.4 is 10.6 Å². The van der Waals surface area contributed by atoms with Crippen LogP contribution in [0.1, 0.15) is 29.6 Å². The Morgan fingerprint density at radius 1 is 1.37 bits per heavy atom. The molecular weight excluding hydrogens is 268 g/mol. The molecule has 2 rings (SSSR count). The zero-order valence-corrected chi connectivity index (χ0v) is 11.1. The minimum Gasteiger partial charge on any atom is -0.480 e. The third-order valence-electron chi connectivity index (χ3n) is 3.32. The molecule has 6 heteroatoms. The van der Waals surface area contributed by atoms with Crippen LogP contribution in [0.3, 0.4) is 0 Å². The standard InChI is InChI=1S/C13H15ClN2O3/c14-8-4-5-10(9(7-8)12(15)17)16-6-2-1-3-11(16)13(18)19/h4-5,7,11H,1-3,6H2,(H2,15,17)(H,18,19). The number of carboxylic acid groups (broad SMARTS) is 1. The number of piperidine rings is 1. The molecule has 1 saturated heterocycles. The molecule has 1 aromatic carbocycles. The number of carboxylic acids is 1. The molecule has 0 spiro atoms. The number of amides is 1. The molecule has 0 radical (unpaired) electrons. The Bertz CT molecular complexity index is 519. The van der Waals surface area contributed by atoms with E-state index in [9.17, 15) is 14.7 Å². The average Bonchev–Trinajstić information content (AvgIpc) is 2.38. The molecule has 19 heavy (non-hydrogen) atoms. The molecule has 1 aromatic rings. The van der Waals surface area contributed by atoms with Crippen molar-refractivity contribution in [2.24, 2.45) is 5.73 Å². The van der Waals surface area contributed by atoms with Crippen LogP contribution >= 0.6 is 11.6 Å². The Labute approximate surface area is 116 Å². The number of nitrogens with zero attached hydrogens (tertiary/aromatic N) is 1. The highest BCUT2D eigenvalue weighted by atomic mass is 35.5. The van der Waals surface area contributed by atoms with E-state index in [4.69, 9.17) is 17.3 Å². The quantitative estimate of drug-likeness (QED) is 0.887. The molecule has 0 saturated carbocycles. The first-order chi connectivity index (χ1) is 9.00. The van der Waals surface area contributed by atoms with Gasteiger partial charge in [0.25, 0.3) is 5.91 Å². The van der Waals surface area contributed by atoms with Crippen LogP contribution in [-0.4, -0.2) is 29.6 Å². The van der Waals surface area contributed by atoms with E-state index in [1.54, 1.807) is 17.0 Å². The molecule has 0 bridgehead atoms. The van der Waals surface area contributed by atoms with Gasteiger partial charge < -0.3 is 15.7 Å². The normalized spacial score (nSPS) is 19.2. The van der Waals surface area contributed by atoms with Gasteiger partial charge >= 0.3 is 5.97 Å². The van der Waals surface area contributed by atoms with Crippen LogP contribution in [0.15, 0.2) is 18.2 Å². The van der Waals surface area contributed by atoms with Crippen molar-refractivity contribution >= 4 is 29.2 Å². The number of benzene rings is 1. The summed E-state index contributed by atoms with van der Waals surface area (Å²) in [6.45, 7) is 0.596. The SMILES string of the molecule is NC(=O)c1cc(Cl)ccc1N1CCCCC1C(=O)O. The minimum atomic E-state index is -0.884. The van der Waals surface area contributed by atoms with Gasteiger partial charge in [0.2, 0.25) is 0 Å². The van der Waals surface area contributed by atoms with Gasteiger partial charge in [-0.3, -0.25) is 4.79 Å². The molecule has 1 aliphatic rings. The Balaban J connectivity index is 2.44. The van der Waals surface area contributed by atoms with Gasteiger partial charge in [0.15, 0.2) is 0 Å². The van der Waals surface area contributed by atoms with Gasteiger partial charge in [-0.2, -0.15) is 0 Å². The van der Waals surface area contributed by atoms with Gasteiger partial charge in [0.05, 0.1) is 11.3 Å². The number of hydrogen-bond acceptors (Lipinski definition) is 3. The fraction of sp³-hybridized carbons (Fsp3) is 0.385. The molecule has 3 N–H and O–H groups in total. The van der Waals surface area contributed by atoms with Crippen molar-refractivity contribution < 1.29 is 14.7 Å². The maximum atomic E-state index is 11.5. The summed E-state index contributed by atoms with van der Waals surface area (Å²) in [6.07, 6.45) is 2.33. The van der Waals surface area contributed by atoms with Crippen LogP contribution in [0.4, 0.5) is 5.69 Å². The minimum absolute atomic E-state index is 0.264. The van der Waals surface area contributed by atoms with Gasteiger partial charge in [-0.15, -0.1) is 0 Å². The van der Waals surface area contributed by atoms with E-state index in [0.29, 0.717) is 23.7 Å². The molecule has 1 atom stereocenters. The molecule has 102 valence electrons. The van der Waals surface area contributed by atoms with Crippen LogP contribution in [0.25, 0.3) is 0 Å². The summed E-state index contributed by atoms with van der Waals surface area (Å²) in [7, 11) is 0. The van der Waals surface area contributed by atoms with Gasteiger partial charge in [-0.05, 0) is 37.5 Å². The highest BCUT2D eigenvalue weighted by molar-refractivity contribution is 6.31. The first-order valence-electron chi connectivity index (χ1n) is 6.09. The highest BCUT2D eigenvalue weighted by Gasteiger charge is 2.30. The molecule has 5 nitrogen and oxygen atoms in total. The number of primary amides is 1. The molecule has 0 aromatic heterocycles. The Hall–Kier alpha value is -1.75. The van der Waals surface area contributed by atoms with E-state index >= 15 is 0 Å². The van der Waals surface area contributed by atoms with Crippen LogP contribution in [0.5, 0.6) is 0 Å². The fourth-order valence-electron chi connectivity index (χ4n) is 2.43. The fourth-order valence-corrected chi connectivity index (χ4v) is 2.60. The Morgan fingerprint density at radius 3 is 2.74 bits per heavy atom. The number of carbonyl (C=O) groups is 2. The summed E-state index contributed by atoms with van der Waals surface area (Å²) in [5.41, 5.74) is 6.15. The lowest BCUT2D eigenvalue weighted by Gasteiger charge is -2.35. The summed E-state index contributed by atoms with van der Waals surface area (Å²) in [5.74, 6) is -1.49. The van der Waals surface area contributed by atoms with E-state index in [0.717, 1.165) is 12.8 Å². The lowest BCUT2D eigenvalue weighted by molar-refractivity contribution is -0.139. The topological polar surface area (TPSA) is 83.6 Å². The van der Waals surface area contributed by atoms with Crippen molar-refractivity contribution in [3.63, 3.8) is 0 Å². The number of rotatable bonds is 3. The highest BCUT2D eigenvalue weighted by Crippen LogP contribution is 2.30. The van der Waals surface area contributed by atoms with E-state index in [2.05, 4.69) is 0 Å². The maximum absolute atomic E-state index is 11.5. The van der Waals surface area contributed by atoms with Crippen molar-refractivity contribution in [1.82, 2.24) is 0 Å². The van der Waals surface area contributed by atoms with Crippen molar-refractivity contribution in [1.29, 1.82) is 0 Å². The van der Waals surface area contributed by atoms with Gasteiger partial charge in [0.1, 0.15) is 6.04 Å². The molecule has 1 heterocycles. The first-order valence-corrected chi connectivity index (χ1v) is 6.47. The van der Waals surface area contributed by atoms with Crippen LogP contribution in [0, 0.1) is 0 Å². The third kappa shape index (κ3) is 2.81. The van der Waals surface area contributed by atoms with Gasteiger partial charge in [0, 0.05) is 11.6 Å². The van der Waals surface area contributed by atoms with Crippen molar-refractivity contribution in [3.8, 4) is 0 Å². The number of aliphatic carboxylic acids is 1. The largest absolute Gasteiger partial charge is 0.480 e. The second-order valence-electron chi connectivity index (χ2n) is 4.57. The predicted molar refractivity (Wildman–Crippen MR) is 72.6 cm³/mol. The molecule has 1 fully saturated rings. The molecule has 0 aliphatic carbocycles. The van der Waals surface area contributed by atoms with Crippen molar-refractivity contribution in [3.05, 3.63) is 28.8 Å². The summed E-state index contributed by atoms with van der Waals surface area (Å²) in [5, 5.41) is 9.67. The maximum Gasteiger partial charge on any atom is 0.326 e. The summed E-state index contributed by atoms with van der Waals surface area (Å²) >= 11 is 5.86. The van der Waals surface area contributed by atoms with Crippen molar-refractivity contribution in [2.75, 3.05) is 11.4 Å². The van der Waals surface area contributed by atoms with Crippen molar-refractivity contribution in [2.45, 2.75) is 25.3 Å². The predicted octanol–water partition coefficient (Wildman–Crippen LogP) is 1.88. The lowest BCUT2D eigenvalue weighted by atomic mass is 9.99. The molecule has 1 unspecified atom stereocenters. The molecule has 1 aliphatic heterocycles. The number of nitrogens with two attached hydrogens (primary N) is 1. The van der Waals surface area contributed by atoms with E-state index < -0.39 is 17.9 Å². The number of hydrogen-bond donors (Lipinski definition) is 2. The monoisotopic (exact) mass is 282 g/mol. The number of carbonyl (C=O) groups excluding carboxylic acids is 1. The molecule has 1 amide bonds. The number of anilines is 1. The second kappa shape index (κ2) is 5.48. The van der Waals surface area contributed by atoms with E-state index in [1.807, 2.05) is 0 Å². The van der Waals surface area contributed by atoms with Crippen LogP contribution in [-0.2, 0) is 4.79 Å².